The molecular formula is C15H24N2O2. The summed E-state index contributed by atoms with van der Waals surface area (Å²) in [6.45, 7) is 5.41. The van der Waals surface area contributed by atoms with E-state index in [1.807, 2.05) is 45.3 Å². The van der Waals surface area contributed by atoms with Crippen LogP contribution in [-0.2, 0) is 4.79 Å². The van der Waals surface area contributed by atoms with Crippen LogP contribution in [0.2, 0.25) is 0 Å². The molecule has 0 unspecified atom stereocenters. The third-order valence-corrected chi connectivity index (χ3v) is 2.75. The number of aryl methyl sites for hydroxylation is 1. The fraction of sp³-hybridized carbons (Fsp3) is 0.533. The van der Waals surface area contributed by atoms with E-state index in [-0.39, 0.29) is 5.91 Å². The van der Waals surface area contributed by atoms with Gasteiger partial charge in [0.05, 0.1) is 0 Å². The molecule has 19 heavy (non-hydrogen) atoms. The second kappa shape index (κ2) is 7.79. The van der Waals surface area contributed by atoms with Crippen LogP contribution in [0.5, 0.6) is 5.75 Å². The monoisotopic (exact) mass is 264 g/mol. The van der Waals surface area contributed by atoms with Crippen LogP contribution in [0.1, 0.15) is 18.9 Å². The Morgan fingerprint density at radius 3 is 2.79 bits per heavy atom. The zero-order chi connectivity index (χ0) is 14.3. The molecule has 1 N–H and O–H groups in total. The Bertz CT molecular complexity index is 405. The molecule has 0 aromatic heterocycles. The number of carbonyl (C=O) groups is 1. The molecule has 0 saturated carbocycles. The number of rotatable bonds is 7. The number of ether oxygens (including phenoxy) is 1. The van der Waals surface area contributed by atoms with Gasteiger partial charge in [0.15, 0.2) is 6.10 Å². The van der Waals surface area contributed by atoms with Crippen molar-refractivity contribution in [2.45, 2.75) is 26.4 Å². The average molecular weight is 264 g/mol. The van der Waals surface area contributed by atoms with Crippen LogP contribution in [0.15, 0.2) is 24.3 Å². The van der Waals surface area contributed by atoms with Crippen LogP contribution >= 0.6 is 0 Å². The van der Waals surface area contributed by atoms with E-state index in [2.05, 4.69) is 10.2 Å². The highest BCUT2D eigenvalue weighted by atomic mass is 16.5. The molecule has 4 nitrogen and oxygen atoms in total. The summed E-state index contributed by atoms with van der Waals surface area (Å²) in [6.07, 6.45) is 0.469. The highest BCUT2D eigenvalue weighted by molar-refractivity contribution is 5.80. The second-order valence-electron chi connectivity index (χ2n) is 5.02. The van der Waals surface area contributed by atoms with E-state index in [4.69, 9.17) is 4.74 Å². The van der Waals surface area contributed by atoms with Gasteiger partial charge in [0.1, 0.15) is 5.75 Å². The number of nitrogens with one attached hydrogen (secondary N) is 1. The summed E-state index contributed by atoms with van der Waals surface area (Å²) in [4.78, 5) is 13.9. The van der Waals surface area contributed by atoms with Crippen molar-refractivity contribution in [1.82, 2.24) is 10.2 Å². The third-order valence-electron chi connectivity index (χ3n) is 2.75. The van der Waals surface area contributed by atoms with E-state index in [0.29, 0.717) is 6.54 Å². The van der Waals surface area contributed by atoms with Crippen molar-refractivity contribution in [2.75, 3.05) is 27.2 Å². The van der Waals surface area contributed by atoms with E-state index in [9.17, 15) is 4.79 Å². The molecule has 0 aliphatic carbocycles. The molecule has 0 bridgehead atoms. The van der Waals surface area contributed by atoms with Gasteiger partial charge in [-0.1, -0.05) is 12.1 Å². The molecular weight excluding hydrogens is 240 g/mol. The van der Waals surface area contributed by atoms with Crippen LogP contribution in [0, 0.1) is 6.92 Å². The number of hydrogen-bond donors (Lipinski definition) is 1. The highest BCUT2D eigenvalue weighted by Gasteiger charge is 2.13. The molecule has 1 aromatic rings. The van der Waals surface area contributed by atoms with Gasteiger partial charge in [-0.25, -0.2) is 0 Å². The normalized spacial score (nSPS) is 12.3. The van der Waals surface area contributed by atoms with Crippen molar-refractivity contribution in [1.29, 1.82) is 0 Å². The fourth-order valence-electron chi connectivity index (χ4n) is 1.70. The number of amides is 1. The summed E-state index contributed by atoms with van der Waals surface area (Å²) in [5.74, 6) is 0.663. The van der Waals surface area contributed by atoms with Crippen molar-refractivity contribution in [2.24, 2.45) is 0 Å². The molecule has 0 radical (unpaired) electrons. The van der Waals surface area contributed by atoms with Gasteiger partial charge >= 0.3 is 0 Å². The topological polar surface area (TPSA) is 41.6 Å². The zero-order valence-electron chi connectivity index (χ0n) is 12.3. The van der Waals surface area contributed by atoms with Crippen LogP contribution in [0.4, 0.5) is 0 Å². The van der Waals surface area contributed by atoms with Crippen molar-refractivity contribution in [3.8, 4) is 5.75 Å². The van der Waals surface area contributed by atoms with Gasteiger partial charge in [-0.15, -0.1) is 0 Å². The van der Waals surface area contributed by atoms with Crippen molar-refractivity contribution in [3.05, 3.63) is 29.8 Å². The largest absolute Gasteiger partial charge is 0.481 e. The van der Waals surface area contributed by atoms with Gasteiger partial charge < -0.3 is 15.0 Å². The highest BCUT2D eigenvalue weighted by Crippen LogP contribution is 2.14. The third kappa shape index (κ3) is 6.25. The molecule has 1 aromatic carbocycles. The summed E-state index contributed by atoms with van der Waals surface area (Å²) in [6, 6.07) is 7.71. The minimum Gasteiger partial charge on any atom is -0.481 e. The van der Waals surface area contributed by atoms with Crippen LogP contribution in [-0.4, -0.2) is 44.1 Å². The van der Waals surface area contributed by atoms with Gasteiger partial charge in [-0.05, 0) is 58.6 Å². The second-order valence-corrected chi connectivity index (χ2v) is 5.02. The molecule has 0 heterocycles. The van der Waals surface area contributed by atoms with Gasteiger partial charge in [-0.3, -0.25) is 4.79 Å². The fourth-order valence-corrected chi connectivity index (χ4v) is 1.70. The summed E-state index contributed by atoms with van der Waals surface area (Å²) < 4.78 is 5.61. The Hall–Kier alpha value is -1.55. The van der Waals surface area contributed by atoms with Gasteiger partial charge in [-0.2, -0.15) is 0 Å². The van der Waals surface area contributed by atoms with E-state index in [1.54, 1.807) is 6.92 Å². The average Bonchev–Trinajstić information content (AvgIpc) is 2.34. The lowest BCUT2D eigenvalue weighted by Gasteiger charge is -2.15. The number of nitrogens with zero attached hydrogens (tertiary/aromatic N) is 1. The molecule has 106 valence electrons. The van der Waals surface area contributed by atoms with Crippen LogP contribution in [0.25, 0.3) is 0 Å². The zero-order valence-corrected chi connectivity index (χ0v) is 12.3. The van der Waals surface area contributed by atoms with E-state index < -0.39 is 6.10 Å². The molecule has 1 atom stereocenters. The Labute approximate surface area is 115 Å². The SMILES string of the molecule is Cc1cccc(O[C@H](C)C(=O)NCCCN(C)C)c1. The lowest BCUT2D eigenvalue weighted by Crippen LogP contribution is -2.37. The minimum atomic E-state index is -0.471. The van der Waals surface area contributed by atoms with Crippen molar-refractivity contribution >= 4 is 5.91 Å². The predicted octanol–water partition coefficient (Wildman–Crippen LogP) is 1.83. The lowest BCUT2D eigenvalue weighted by atomic mass is 10.2. The van der Waals surface area contributed by atoms with Gasteiger partial charge in [0.25, 0.3) is 5.91 Å². The van der Waals surface area contributed by atoms with Crippen molar-refractivity contribution < 1.29 is 9.53 Å². The smallest absolute Gasteiger partial charge is 0.260 e. The maximum Gasteiger partial charge on any atom is 0.260 e. The van der Waals surface area contributed by atoms with Crippen LogP contribution < -0.4 is 10.1 Å². The van der Waals surface area contributed by atoms with Gasteiger partial charge in [0, 0.05) is 6.54 Å². The van der Waals surface area contributed by atoms with E-state index >= 15 is 0 Å². The molecule has 0 spiro atoms. The summed E-state index contributed by atoms with van der Waals surface area (Å²) >= 11 is 0. The first-order valence-corrected chi connectivity index (χ1v) is 6.65. The first kappa shape index (κ1) is 15.5. The molecule has 1 rings (SSSR count). The predicted molar refractivity (Wildman–Crippen MR) is 77.4 cm³/mol. The van der Waals surface area contributed by atoms with E-state index in [1.165, 1.54) is 0 Å². The molecule has 1 amide bonds. The quantitative estimate of drug-likeness (QED) is 0.764. The first-order valence-electron chi connectivity index (χ1n) is 6.65. The number of carbonyl (C=O) groups excluding carboxylic acids is 1. The molecule has 0 saturated heterocycles. The summed E-state index contributed by atoms with van der Waals surface area (Å²) in [5, 5.41) is 2.88. The Morgan fingerprint density at radius 2 is 2.16 bits per heavy atom. The standard InChI is InChI=1S/C15H24N2O2/c1-12-7-5-8-14(11-12)19-13(2)15(18)16-9-6-10-17(3)4/h5,7-8,11,13H,6,9-10H2,1-4H3,(H,16,18)/t13-/m1/s1. The molecule has 0 fully saturated rings. The van der Waals surface area contributed by atoms with Crippen molar-refractivity contribution in [3.63, 3.8) is 0 Å². The maximum absolute atomic E-state index is 11.8. The summed E-state index contributed by atoms with van der Waals surface area (Å²) in [7, 11) is 4.04. The first-order chi connectivity index (χ1) is 8.99. The van der Waals surface area contributed by atoms with Crippen LogP contribution in [0.3, 0.4) is 0 Å². The Balaban J connectivity index is 2.32. The van der Waals surface area contributed by atoms with E-state index in [0.717, 1.165) is 24.3 Å². The molecule has 0 aliphatic heterocycles. The Morgan fingerprint density at radius 1 is 1.42 bits per heavy atom. The maximum atomic E-state index is 11.8. The summed E-state index contributed by atoms with van der Waals surface area (Å²) in [5.41, 5.74) is 1.12. The molecule has 0 aliphatic rings. The number of hydrogen-bond acceptors (Lipinski definition) is 3. The minimum absolute atomic E-state index is 0.0692. The molecule has 4 heteroatoms. The Kier molecular flexibility index (Phi) is 6.36. The van der Waals surface area contributed by atoms with Gasteiger partial charge in [0.2, 0.25) is 0 Å². The lowest BCUT2D eigenvalue weighted by molar-refractivity contribution is -0.127. The number of benzene rings is 1.